The Labute approximate surface area is 175 Å². The third-order valence-corrected chi connectivity index (χ3v) is 4.84. The molecule has 0 aliphatic carbocycles. The van der Waals surface area contributed by atoms with Crippen LogP contribution in [0.4, 0.5) is 11.4 Å². The van der Waals surface area contributed by atoms with E-state index < -0.39 is 0 Å². The number of amides is 2. The summed E-state index contributed by atoms with van der Waals surface area (Å²) < 4.78 is 0. The van der Waals surface area contributed by atoms with Gasteiger partial charge in [-0.1, -0.05) is 62.7 Å². The highest BCUT2D eigenvalue weighted by Crippen LogP contribution is 2.23. The molecule has 0 heterocycles. The number of benzene rings is 3. The van der Waals surface area contributed by atoms with Crippen molar-refractivity contribution in [2.45, 2.75) is 26.2 Å². The highest BCUT2D eigenvalue weighted by molar-refractivity contribution is 6.34. The lowest BCUT2D eigenvalue weighted by Crippen LogP contribution is -2.15. The Hall–Kier alpha value is -3.11. The summed E-state index contributed by atoms with van der Waals surface area (Å²) in [5.74, 6) is -0.517. The highest BCUT2D eigenvalue weighted by atomic mass is 35.5. The summed E-state index contributed by atoms with van der Waals surface area (Å²) in [4.78, 5) is 25.0. The molecule has 0 aliphatic rings. The van der Waals surface area contributed by atoms with Gasteiger partial charge in [-0.15, -0.1) is 0 Å². The number of hydrogen-bond donors (Lipinski definition) is 2. The molecule has 0 radical (unpaired) electrons. The van der Waals surface area contributed by atoms with Crippen LogP contribution in [0.2, 0.25) is 5.02 Å². The quantitative estimate of drug-likeness (QED) is 0.546. The Morgan fingerprint density at radius 2 is 1.34 bits per heavy atom. The fourth-order valence-corrected chi connectivity index (χ4v) is 3.06. The molecule has 0 saturated carbocycles. The first-order valence-corrected chi connectivity index (χ1v) is 9.70. The standard InChI is InChI=1S/C24H23ClN2O2/c1-24(2,3)17-13-11-16(12-14-17)22(28)26-18-7-6-8-19(15-18)27-23(29)20-9-4-5-10-21(20)25/h4-15H,1-3H3,(H,26,28)(H,27,29). The highest BCUT2D eigenvalue weighted by Gasteiger charge is 2.15. The number of carbonyl (C=O) groups is 2. The van der Waals surface area contributed by atoms with Crippen LogP contribution in [-0.2, 0) is 5.41 Å². The zero-order valence-electron chi connectivity index (χ0n) is 16.6. The summed E-state index contributed by atoms with van der Waals surface area (Å²) in [5.41, 5.74) is 3.32. The molecule has 4 nitrogen and oxygen atoms in total. The van der Waals surface area contributed by atoms with Crippen LogP contribution in [0.5, 0.6) is 0 Å². The summed E-state index contributed by atoms with van der Waals surface area (Å²) >= 11 is 6.07. The fourth-order valence-electron chi connectivity index (χ4n) is 2.84. The first-order valence-electron chi connectivity index (χ1n) is 9.32. The predicted molar refractivity (Wildman–Crippen MR) is 119 cm³/mol. The van der Waals surface area contributed by atoms with E-state index in [2.05, 4.69) is 31.4 Å². The van der Waals surface area contributed by atoms with Crippen molar-refractivity contribution in [1.82, 2.24) is 0 Å². The van der Waals surface area contributed by atoms with E-state index in [9.17, 15) is 9.59 Å². The lowest BCUT2D eigenvalue weighted by Gasteiger charge is -2.19. The summed E-state index contributed by atoms with van der Waals surface area (Å²) in [5, 5.41) is 6.05. The normalized spacial score (nSPS) is 11.0. The molecule has 0 atom stereocenters. The largest absolute Gasteiger partial charge is 0.322 e. The van der Waals surface area contributed by atoms with Gasteiger partial charge < -0.3 is 10.6 Å². The van der Waals surface area contributed by atoms with Gasteiger partial charge in [0.1, 0.15) is 0 Å². The third kappa shape index (κ3) is 5.24. The Kier molecular flexibility index (Phi) is 6.04. The summed E-state index contributed by atoms with van der Waals surface area (Å²) in [7, 11) is 0. The maximum Gasteiger partial charge on any atom is 0.257 e. The molecule has 0 spiro atoms. The van der Waals surface area contributed by atoms with Crippen LogP contribution in [0.25, 0.3) is 0 Å². The third-order valence-electron chi connectivity index (χ3n) is 4.51. The molecular weight excluding hydrogens is 384 g/mol. The second-order valence-electron chi connectivity index (χ2n) is 7.80. The molecule has 0 aliphatic heterocycles. The Morgan fingerprint density at radius 1 is 0.759 bits per heavy atom. The summed E-state index contributed by atoms with van der Waals surface area (Å²) in [6.45, 7) is 6.39. The Morgan fingerprint density at radius 3 is 1.93 bits per heavy atom. The van der Waals surface area contributed by atoms with Gasteiger partial charge in [-0.3, -0.25) is 9.59 Å². The first-order chi connectivity index (χ1) is 13.7. The van der Waals surface area contributed by atoms with Gasteiger partial charge in [0, 0.05) is 16.9 Å². The molecule has 148 valence electrons. The number of nitrogens with one attached hydrogen (secondary N) is 2. The fraction of sp³-hybridized carbons (Fsp3) is 0.167. The van der Waals surface area contributed by atoms with Crippen molar-refractivity contribution in [3.63, 3.8) is 0 Å². The van der Waals surface area contributed by atoms with Gasteiger partial charge in [0.05, 0.1) is 10.6 Å². The van der Waals surface area contributed by atoms with E-state index in [0.717, 1.165) is 0 Å². The van der Waals surface area contributed by atoms with Crippen LogP contribution in [-0.4, -0.2) is 11.8 Å². The van der Waals surface area contributed by atoms with E-state index >= 15 is 0 Å². The molecule has 0 fully saturated rings. The summed E-state index contributed by atoms with van der Waals surface area (Å²) in [6.07, 6.45) is 0. The Balaban J connectivity index is 1.70. The van der Waals surface area contributed by atoms with Gasteiger partial charge in [0.15, 0.2) is 0 Å². The zero-order valence-corrected chi connectivity index (χ0v) is 17.4. The first kappa shape index (κ1) is 20.6. The van der Waals surface area contributed by atoms with E-state index in [1.807, 2.05) is 24.3 Å². The molecule has 3 aromatic rings. The molecule has 3 rings (SSSR count). The van der Waals surface area contributed by atoms with E-state index in [-0.39, 0.29) is 17.2 Å². The van der Waals surface area contributed by atoms with E-state index in [1.165, 1.54) is 5.56 Å². The molecule has 29 heavy (non-hydrogen) atoms. The molecule has 2 N–H and O–H groups in total. The minimum atomic E-state index is -0.308. The van der Waals surface area contributed by atoms with Crippen LogP contribution >= 0.6 is 11.6 Å². The van der Waals surface area contributed by atoms with Gasteiger partial charge in [-0.2, -0.15) is 0 Å². The monoisotopic (exact) mass is 406 g/mol. The van der Waals surface area contributed by atoms with Crippen molar-refractivity contribution < 1.29 is 9.59 Å². The smallest absolute Gasteiger partial charge is 0.257 e. The molecule has 3 aromatic carbocycles. The summed E-state index contributed by atoms with van der Waals surface area (Å²) in [6, 6.07) is 21.4. The van der Waals surface area contributed by atoms with Crippen LogP contribution in [0.1, 0.15) is 47.1 Å². The Bertz CT molecular complexity index is 1040. The van der Waals surface area contributed by atoms with E-state index in [0.29, 0.717) is 27.5 Å². The van der Waals surface area contributed by atoms with E-state index in [1.54, 1.807) is 48.5 Å². The van der Waals surface area contributed by atoms with Gasteiger partial charge in [-0.25, -0.2) is 0 Å². The minimum absolute atomic E-state index is 0.0309. The van der Waals surface area contributed by atoms with Gasteiger partial charge in [0.2, 0.25) is 0 Å². The van der Waals surface area contributed by atoms with Crippen molar-refractivity contribution in [3.05, 3.63) is 94.5 Å². The van der Waals surface area contributed by atoms with E-state index in [4.69, 9.17) is 11.6 Å². The van der Waals surface area contributed by atoms with Crippen LogP contribution in [0, 0.1) is 0 Å². The van der Waals surface area contributed by atoms with Gasteiger partial charge in [-0.05, 0) is 53.4 Å². The number of halogens is 1. The topological polar surface area (TPSA) is 58.2 Å². The number of rotatable bonds is 4. The molecule has 0 unspecified atom stereocenters. The molecule has 0 aromatic heterocycles. The molecule has 0 saturated heterocycles. The van der Waals surface area contributed by atoms with Crippen LogP contribution in [0.15, 0.2) is 72.8 Å². The van der Waals surface area contributed by atoms with Gasteiger partial charge >= 0.3 is 0 Å². The second-order valence-corrected chi connectivity index (χ2v) is 8.20. The molecular formula is C24H23ClN2O2. The average Bonchev–Trinajstić information content (AvgIpc) is 2.68. The lowest BCUT2D eigenvalue weighted by atomic mass is 9.87. The van der Waals surface area contributed by atoms with Crippen molar-refractivity contribution in [2.24, 2.45) is 0 Å². The molecule has 5 heteroatoms. The number of hydrogen-bond acceptors (Lipinski definition) is 2. The number of anilines is 2. The van der Waals surface area contributed by atoms with Crippen LogP contribution in [0.3, 0.4) is 0 Å². The molecule has 0 bridgehead atoms. The SMILES string of the molecule is CC(C)(C)c1ccc(C(=O)Nc2cccc(NC(=O)c3ccccc3Cl)c2)cc1. The van der Waals surface area contributed by atoms with Crippen molar-refractivity contribution in [1.29, 1.82) is 0 Å². The number of carbonyl (C=O) groups excluding carboxylic acids is 2. The average molecular weight is 407 g/mol. The zero-order chi connectivity index (χ0) is 21.0. The molecule has 2 amide bonds. The van der Waals surface area contributed by atoms with Crippen molar-refractivity contribution in [2.75, 3.05) is 10.6 Å². The van der Waals surface area contributed by atoms with Crippen molar-refractivity contribution in [3.8, 4) is 0 Å². The maximum absolute atomic E-state index is 12.6. The lowest BCUT2D eigenvalue weighted by molar-refractivity contribution is 0.101. The van der Waals surface area contributed by atoms with Crippen LogP contribution < -0.4 is 10.6 Å². The minimum Gasteiger partial charge on any atom is -0.322 e. The second kappa shape index (κ2) is 8.50. The van der Waals surface area contributed by atoms with Crippen molar-refractivity contribution >= 4 is 34.8 Å². The van der Waals surface area contributed by atoms with Gasteiger partial charge in [0.25, 0.3) is 11.8 Å². The maximum atomic E-state index is 12.6. The predicted octanol–water partition coefficient (Wildman–Crippen LogP) is 6.14.